The summed E-state index contributed by atoms with van der Waals surface area (Å²) in [6, 6.07) is 18.0. The van der Waals surface area contributed by atoms with Gasteiger partial charge in [-0.25, -0.2) is 9.69 Å². The van der Waals surface area contributed by atoms with Crippen molar-refractivity contribution in [1.82, 2.24) is 15.2 Å². The van der Waals surface area contributed by atoms with Crippen LogP contribution in [0.5, 0.6) is 0 Å². The lowest BCUT2D eigenvalue weighted by Crippen LogP contribution is -2.47. The number of carbonyl (C=O) groups excluding carboxylic acids is 2. The first-order chi connectivity index (χ1) is 15.6. The maximum Gasteiger partial charge on any atom is 0.329 e. The van der Waals surface area contributed by atoms with Crippen LogP contribution in [0.25, 0.3) is 10.9 Å². The van der Waals surface area contributed by atoms with Crippen molar-refractivity contribution in [1.29, 1.82) is 0 Å². The van der Waals surface area contributed by atoms with Crippen molar-refractivity contribution in [2.45, 2.75) is 13.3 Å². The average molecular weight is 430 g/mol. The summed E-state index contributed by atoms with van der Waals surface area (Å²) >= 11 is 0. The number of anilines is 2. The van der Waals surface area contributed by atoms with Crippen molar-refractivity contribution in [2.75, 3.05) is 49.1 Å². The van der Waals surface area contributed by atoms with E-state index >= 15 is 0 Å². The molecule has 3 amide bonds. The molecule has 0 aliphatic carbocycles. The van der Waals surface area contributed by atoms with Crippen LogP contribution >= 0.6 is 0 Å². The van der Waals surface area contributed by atoms with Gasteiger partial charge in [-0.05, 0) is 55.3 Å². The first-order valence-corrected chi connectivity index (χ1v) is 11.1. The molecule has 3 aromatic rings. The molecule has 2 aromatic carbocycles. The molecule has 2 saturated heterocycles. The number of hydrogen-bond acceptors (Lipinski definition) is 5. The summed E-state index contributed by atoms with van der Waals surface area (Å²) in [5, 5.41) is 3.78. The molecule has 2 fully saturated rings. The van der Waals surface area contributed by atoms with Crippen LogP contribution in [-0.2, 0) is 11.2 Å². The minimum atomic E-state index is -0.345. The zero-order chi connectivity index (χ0) is 22.1. The average Bonchev–Trinajstić information content (AvgIpc) is 3.15. The summed E-state index contributed by atoms with van der Waals surface area (Å²) in [5.74, 6) is -0.206. The molecule has 0 radical (unpaired) electrons. The number of pyridine rings is 1. The Morgan fingerprint density at radius 1 is 0.969 bits per heavy atom. The summed E-state index contributed by atoms with van der Waals surface area (Å²) in [7, 11) is 0. The summed E-state index contributed by atoms with van der Waals surface area (Å²) in [4.78, 5) is 34.7. The van der Waals surface area contributed by atoms with Crippen molar-refractivity contribution in [3.63, 3.8) is 0 Å². The van der Waals surface area contributed by atoms with E-state index in [2.05, 4.69) is 56.5 Å². The summed E-state index contributed by atoms with van der Waals surface area (Å²) < 4.78 is 0. The van der Waals surface area contributed by atoms with Crippen molar-refractivity contribution >= 4 is 34.2 Å². The van der Waals surface area contributed by atoms with E-state index in [9.17, 15) is 9.59 Å². The third kappa shape index (κ3) is 4.03. The van der Waals surface area contributed by atoms with E-state index in [1.807, 2.05) is 25.1 Å². The number of carbonyl (C=O) groups is 2. The molecule has 0 spiro atoms. The smallest absolute Gasteiger partial charge is 0.329 e. The lowest BCUT2D eigenvalue weighted by molar-refractivity contribution is -0.115. The number of rotatable bonds is 5. The number of nitrogens with one attached hydrogen (secondary N) is 1. The van der Waals surface area contributed by atoms with Gasteiger partial charge in [-0.1, -0.05) is 18.2 Å². The van der Waals surface area contributed by atoms with Gasteiger partial charge in [-0.15, -0.1) is 0 Å². The third-order valence-corrected chi connectivity index (χ3v) is 6.29. The number of aryl methyl sites for hydroxylation is 1. The molecule has 0 saturated carbocycles. The van der Waals surface area contributed by atoms with Crippen molar-refractivity contribution in [3.8, 4) is 0 Å². The van der Waals surface area contributed by atoms with Crippen LogP contribution in [0.3, 0.4) is 0 Å². The molecule has 3 heterocycles. The van der Waals surface area contributed by atoms with E-state index in [0.29, 0.717) is 5.69 Å². The second-order valence-corrected chi connectivity index (χ2v) is 8.43. The van der Waals surface area contributed by atoms with Gasteiger partial charge in [0.2, 0.25) is 0 Å². The van der Waals surface area contributed by atoms with Crippen molar-refractivity contribution < 1.29 is 9.59 Å². The summed E-state index contributed by atoms with van der Waals surface area (Å²) in [5.41, 5.74) is 5.13. The van der Waals surface area contributed by atoms with Gasteiger partial charge in [-0.2, -0.15) is 0 Å². The second-order valence-electron chi connectivity index (χ2n) is 8.43. The number of nitrogens with zero attached hydrogens (tertiary/aromatic N) is 4. The Bertz CT molecular complexity index is 1150. The Morgan fingerprint density at radius 3 is 2.56 bits per heavy atom. The number of urea groups is 1. The number of aromatic nitrogens is 1. The van der Waals surface area contributed by atoms with Crippen LogP contribution in [0.1, 0.15) is 11.3 Å². The predicted octanol–water partition coefficient (Wildman–Crippen LogP) is 2.96. The summed E-state index contributed by atoms with van der Waals surface area (Å²) in [6.07, 6.45) is 0.884. The molecule has 164 valence electrons. The quantitative estimate of drug-likeness (QED) is 0.632. The maximum atomic E-state index is 12.0. The first-order valence-electron chi connectivity index (χ1n) is 11.1. The van der Waals surface area contributed by atoms with E-state index in [4.69, 9.17) is 0 Å². The maximum absolute atomic E-state index is 12.0. The fraction of sp³-hybridized carbons (Fsp3) is 0.320. The lowest BCUT2D eigenvalue weighted by atomic mass is 10.1. The van der Waals surface area contributed by atoms with Crippen LogP contribution in [0.15, 0.2) is 54.6 Å². The number of imide groups is 1. The lowest BCUT2D eigenvalue weighted by Gasteiger charge is -2.36. The van der Waals surface area contributed by atoms with Gasteiger partial charge >= 0.3 is 6.03 Å². The topological polar surface area (TPSA) is 68.8 Å². The van der Waals surface area contributed by atoms with Gasteiger partial charge < -0.3 is 10.2 Å². The number of amides is 3. The molecule has 7 heteroatoms. The Hall–Kier alpha value is -3.45. The van der Waals surface area contributed by atoms with Crippen LogP contribution in [0, 0.1) is 6.92 Å². The van der Waals surface area contributed by atoms with Crippen LogP contribution in [-0.4, -0.2) is 61.1 Å². The predicted molar refractivity (Wildman–Crippen MR) is 126 cm³/mol. The molecule has 2 aliphatic heterocycles. The van der Waals surface area contributed by atoms with E-state index < -0.39 is 0 Å². The molecular weight excluding hydrogens is 402 g/mol. The Balaban J connectivity index is 1.20. The zero-order valence-electron chi connectivity index (χ0n) is 18.3. The number of fused-ring (bicyclic) bond motifs is 1. The molecule has 0 unspecified atom stereocenters. The van der Waals surface area contributed by atoms with Gasteiger partial charge in [0.15, 0.2) is 0 Å². The van der Waals surface area contributed by atoms with Gasteiger partial charge in [0, 0.05) is 49.5 Å². The molecule has 0 bridgehead atoms. The largest absolute Gasteiger partial charge is 0.368 e. The van der Waals surface area contributed by atoms with Crippen molar-refractivity contribution in [3.05, 3.63) is 65.9 Å². The van der Waals surface area contributed by atoms with E-state index in [0.717, 1.165) is 55.9 Å². The second kappa shape index (κ2) is 8.59. The van der Waals surface area contributed by atoms with E-state index in [-0.39, 0.29) is 18.5 Å². The highest BCUT2D eigenvalue weighted by molar-refractivity contribution is 6.19. The van der Waals surface area contributed by atoms with Crippen molar-refractivity contribution in [2.24, 2.45) is 0 Å². The minimum Gasteiger partial charge on any atom is -0.368 e. The molecule has 7 nitrogen and oxygen atoms in total. The molecule has 1 aromatic heterocycles. The minimum absolute atomic E-state index is 0.0692. The molecule has 1 N–H and O–H groups in total. The number of hydrogen-bond donors (Lipinski definition) is 1. The molecular formula is C25H27N5O2. The third-order valence-electron chi connectivity index (χ3n) is 6.29. The zero-order valence-corrected chi connectivity index (χ0v) is 18.3. The fourth-order valence-corrected chi connectivity index (χ4v) is 4.55. The first kappa shape index (κ1) is 20.5. The Morgan fingerprint density at radius 2 is 1.78 bits per heavy atom. The standard InChI is InChI=1S/C25H27N5O2/c1-18-8-9-21-22(27-18)6-3-7-23(21)29-14-12-28(13-15-29)11-10-19-4-2-5-20(16-19)30-24(31)17-26-25(30)32/h2-9,16H,10-15,17H2,1H3,(H,26,32). The van der Waals surface area contributed by atoms with Crippen LogP contribution < -0.4 is 15.1 Å². The summed E-state index contributed by atoms with van der Waals surface area (Å²) in [6.45, 7) is 7.02. The van der Waals surface area contributed by atoms with E-state index in [1.54, 1.807) is 0 Å². The monoisotopic (exact) mass is 429 g/mol. The van der Waals surface area contributed by atoms with Gasteiger partial charge in [0.25, 0.3) is 5.91 Å². The van der Waals surface area contributed by atoms with E-state index in [1.165, 1.54) is 16.0 Å². The van der Waals surface area contributed by atoms with Crippen LogP contribution in [0.2, 0.25) is 0 Å². The normalized spacial score (nSPS) is 17.3. The number of piperazine rings is 1. The SMILES string of the molecule is Cc1ccc2c(N3CCN(CCc4cccc(N5C(=O)CNC5=O)c4)CC3)cccc2n1. The molecule has 5 rings (SSSR count). The fourth-order valence-electron chi connectivity index (χ4n) is 4.55. The number of benzene rings is 2. The molecule has 2 aliphatic rings. The molecule has 32 heavy (non-hydrogen) atoms. The highest BCUT2D eigenvalue weighted by Gasteiger charge is 2.30. The Kier molecular flexibility index (Phi) is 5.49. The Labute approximate surface area is 187 Å². The van der Waals surface area contributed by atoms with Gasteiger partial charge in [-0.3, -0.25) is 14.7 Å². The van der Waals surface area contributed by atoms with Crippen LogP contribution in [0.4, 0.5) is 16.2 Å². The van der Waals surface area contributed by atoms with Gasteiger partial charge in [0.05, 0.1) is 17.7 Å². The highest BCUT2D eigenvalue weighted by Crippen LogP contribution is 2.27. The highest BCUT2D eigenvalue weighted by atomic mass is 16.2. The van der Waals surface area contributed by atoms with Gasteiger partial charge in [0.1, 0.15) is 0 Å². The molecule has 0 atom stereocenters.